The minimum Gasteiger partial charge on any atom is -0.357 e. The predicted octanol–water partition coefficient (Wildman–Crippen LogP) is 3.26. The maximum Gasteiger partial charge on any atom is 0.257 e. The number of nitrogens with zero attached hydrogens (tertiary/aromatic N) is 3. The number of hydrogen-bond acceptors (Lipinski definition) is 5. The molecule has 162 valence electrons. The second-order valence-electron chi connectivity index (χ2n) is 8.31. The van der Waals surface area contributed by atoms with Gasteiger partial charge in [0.05, 0.1) is 17.0 Å². The number of hydrogen-bond donors (Lipinski definition) is 2. The molecule has 2 aliphatic rings. The average molecular weight is 428 g/mol. The molecule has 2 amide bonds. The first kappa shape index (κ1) is 20.2. The number of amides is 2. The van der Waals surface area contributed by atoms with Crippen LogP contribution in [0.4, 0.5) is 11.6 Å². The Kier molecular flexibility index (Phi) is 5.09. The Labute approximate surface area is 186 Å². The molecule has 3 heterocycles. The van der Waals surface area contributed by atoms with Crippen molar-refractivity contribution in [3.05, 3.63) is 83.7 Å². The summed E-state index contributed by atoms with van der Waals surface area (Å²) >= 11 is 0. The van der Waals surface area contributed by atoms with Crippen LogP contribution >= 0.6 is 0 Å². The van der Waals surface area contributed by atoms with E-state index < -0.39 is 5.41 Å². The van der Waals surface area contributed by atoms with Gasteiger partial charge in [-0.05, 0) is 36.5 Å². The van der Waals surface area contributed by atoms with Crippen LogP contribution in [0.5, 0.6) is 0 Å². The average Bonchev–Trinajstić information content (AvgIpc) is 3.36. The first-order valence-electron chi connectivity index (χ1n) is 10.9. The molecule has 0 saturated carbocycles. The summed E-state index contributed by atoms with van der Waals surface area (Å²) in [5, 5.41) is 5.93. The molecule has 0 radical (unpaired) electrons. The van der Waals surface area contributed by atoms with Crippen molar-refractivity contribution in [2.45, 2.75) is 30.7 Å². The van der Waals surface area contributed by atoms with Crippen LogP contribution in [-0.4, -0.2) is 46.3 Å². The fourth-order valence-electron chi connectivity index (χ4n) is 5.13. The van der Waals surface area contributed by atoms with Gasteiger partial charge in [-0.1, -0.05) is 48.5 Å². The molecule has 3 aromatic rings. The molecule has 7 nitrogen and oxygen atoms in total. The van der Waals surface area contributed by atoms with E-state index in [1.165, 1.54) is 5.56 Å². The van der Waals surface area contributed by atoms with Crippen molar-refractivity contribution in [1.82, 2.24) is 14.9 Å². The van der Waals surface area contributed by atoms with Crippen LogP contribution < -0.4 is 10.6 Å². The molecule has 2 aliphatic heterocycles. The maximum absolute atomic E-state index is 13.5. The quantitative estimate of drug-likeness (QED) is 0.653. The third-order valence-corrected chi connectivity index (χ3v) is 6.69. The van der Waals surface area contributed by atoms with Gasteiger partial charge in [-0.2, -0.15) is 0 Å². The highest BCUT2D eigenvalue weighted by Crippen LogP contribution is 2.49. The lowest BCUT2D eigenvalue weighted by Crippen LogP contribution is -2.49. The van der Waals surface area contributed by atoms with E-state index in [-0.39, 0.29) is 17.9 Å². The number of carbonyl (C=O) groups is 2. The van der Waals surface area contributed by atoms with E-state index in [1.54, 1.807) is 19.4 Å². The third-order valence-electron chi connectivity index (χ3n) is 6.69. The van der Waals surface area contributed by atoms with Crippen molar-refractivity contribution < 1.29 is 9.59 Å². The molecule has 1 fully saturated rings. The van der Waals surface area contributed by atoms with Crippen LogP contribution in [0.15, 0.2) is 67.0 Å². The highest BCUT2D eigenvalue weighted by molar-refractivity contribution is 6.08. The molecule has 1 spiro atoms. The Morgan fingerprint density at radius 1 is 1.12 bits per heavy atom. The molecule has 2 N–H and O–H groups in total. The van der Waals surface area contributed by atoms with Gasteiger partial charge in [-0.25, -0.2) is 9.97 Å². The van der Waals surface area contributed by atoms with Crippen molar-refractivity contribution in [2.75, 3.05) is 24.2 Å². The number of benzene rings is 2. The molecule has 2 aromatic carbocycles. The van der Waals surface area contributed by atoms with E-state index in [0.717, 1.165) is 17.7 Å². The molecule has 32 heavy (non-hydrogen) atoms. The van der Waals surface area contributed by atoms with Gasteiger partial charge in [0.2, 0.25) is 11.9 Å². The summed E-state index contributed by atoms with van der Waals surface area (Å²) in [6.45, 7) is 0.508. The van der Waals surface area contributed by atoms with E-state index in [2.05, 4.69) is 32.7 Å². The summed E-state index contributed by atoms with van der Waals surface area (Å²) in [5.41, 5.74) is 2.71. The lowest BCUT2D eigenvalue weighted by atomic mass is 9.73. The van der Waals surface area contributed by atoms with Gasteiger partial charge in [0.15, 0.2) is 0 Å². The monoisotopic (exact) mass is 427 g/mol. The number of para-hydroxylation sites is 1. The topological polar surface area (TPSA) is 87.2 Å². The molecule has 0 aliphatic carbocycles. The van der Waals surface area contributed by atoms with E-state index in [0.29, 0.717) is 30.9 Å². The highest BCUT2D eigenvalue weighted by atomic mass is 16.2. The van der Waals surface area contributed by atoms with Crippen molar-refractivity contribution >= 4 is 23.5 Å². The van der Waals surface area contributed by atoms with Crippen LogP contribution in [0.2, 0.25) is 0 Å². The Balaban J connectivity index is 1.52. The summed E-state index contributed by atoms with van der Waals surface area (Å²) in [7, 11) is 1.73. The van der Waals surface area contributed by atoms with Crippen LogP contribution in [0, 0.1) is 0 Å². The van der Waals surface area contributed by atoms with Crippen LogP contribution in [-0.2, 0) is 16.6 Å². The van der Waals surface area contributed by atoms with Crippen molar-refractivity contribution in [3.8, 4) is 0 Å². The number of aryl methyl sites for hydroxylation is 1. The van der Waals surface area contributed by atoms with Crippen LogP contribution in [0.25, 0.3) is 0 Å². The molecule has 2 atom stereocenters. The summed E-state index contributed by atoms with van der Waals surface area (Å²) in [4.78, 5) is 37.2. The summed E-state index contributed by atoms with van der Waals surface area (Å²) in [5.74, 6) is 0.304. The first-order valence-corrected chi connectivity index (χ1v) is 10.9. The van der Waals surface area contributed by atoms with Gasteiger partial charge in [0, 0.05) is 31.7 Å². The lowest BCUT2D eigenvalue weighted by Gasteiger charge is -2.34. The van der Waals surface area contributed by atoms with Crippen LogP contribution in [0.1, 0.15) is 34.3 Å². The van der Waals surface area contributed by atoms with Crippen molar-refractivity contribution in [3.63, 3.8) is 0 Å². The largest absolute Gasteiger partial charge is 0.357 e. The molecule has 1 aromatic heterocycles. The number of anilines is 2. The Hall–Kier alpha value is -3.74. The van der Waals surface area contributed by atoms with Gasteiger partial charge >= 0.3 is 0 Å². The normalized spacial score (nSPS) is 21.5. The Morgan fingerprint density at radius 2 is 1.84 bits per heavy atom. The molecular formula is C25H25N5O2. The number of nitrogens with one attached hydrogen (secondary N) is 2. The minimum absolute atomic E-state index is 0.0196. The second kappa shape index (κ2) is 8.07. The second-order valence-corrected chi connectivity index (χ2v) is 8.31. The SMILES string of the molecule is CNc1ncc(C(=O)N2CC[C@]3(C(=O)Nc4ccccc43)[C@@H]2CCc2ccccc2)cn1. The predicted molar refractivity (Wildman–Crippen MR) is 123 cm³/mol. The Morgan fingerprint density at radius 3 is 2.59 bits per heavy atom. The number of aromatic nitrogens is 2. The fourth-order valence-corrected chi connectivity index (χ4v) is 5.13. The standard InChI is InChI=1S/C25H25N5O2/c1-26-24-27-15-18(16-28-24)22(31)30-14-13-25(19-9-5-6-10-20(19)29-23(25)32)21(30)12-11-17-7-3-2-4-8-17/h2-10,15-16,21H,11-14H2,1H3,(H,29,32)(H,26,27,28)/t21-,25+/m0/s1. The maximum atomic E-state index is 13.5. The number of likely N-dealkylation sites (tertiary alicyclic amines) is 1. The van der Waals surface area contributed by atoms with E-state index >= 15 is 0 Å². The zero-order valence-corrected chi connectivity index (χ0v) is 17.9. The van der Waals surface area contributed by atoms with Crippen molar-refractivity contribution in [2.24, 2.45) is 0 Å². The lowest BCUT2D eigenvalue weighted by molar-refractivity contribution is -0.121. The molecular weight excluding hydrogens is 402 g/mol. The zero-order valence-electron chi connectivity index (χ0n) is 17.9. The summed E-state index contributed by atoms with van der Waals surface area (Å²) < 4.78 is 0. The molecule has 0 bridgehead atoms. The molecule has 5 rings (SSSR count). The van der Waals surface area contributed by atoms with Crippen molar-refractivity contribution in [1.29, 1.82) is 0 Å². The van der Waals surface area contributed by atoms with Gasteiger partial charge in [-0.3, -0.25) is 9.59 Å². The molecule has 0 unspecified atom stereocenters. The number of carbonyl (C=O) groups excluding carboxylic acids is 2. The van der Waals surface area contributed by atoms with Crippen LogP contribution in [0.3, 0.4) is 0 Å². The summed E-state index contributed by atoms with van der Waals surface area (Å²) in [6.07, 6.45) is 5.15. The zero-order chi connectivity index (χ0) is 22.1. The van der Waals surface area contributed by atoms with Gasteiger partial charge < -0.3 is 15.5 Å². The highest BCUT2D eigenvalue weighted by Gasteiger charge is 2.58. The number of rotatable bonds is 5. The fraction of sp³-hybridized carbons (Fsp3) is 0.280. The van der Waals surface area contributed by atoms with E-state index in [1.807, 2.05) is 47.4 Å². The molecule has 7 heteroatoms. The van der Waals surface area contributed by atoms with E-state index in [9.17, 15) is 9.59 Å². The molecule has 1 saturated heterocycles. The third kappa shape index (κ3) is 3.21. The first-order chi connectivity index (χ1) is 15.6. The smallest absolute Gasteiger partial charge is 0.257 e. The Bertz CT molecular complexity index is 1150. The van der Waals surface area contributed by atoms with Gasteiger partial charge in [-0.15, -0.1) is 0 Å². The van der Waals surface area contributed by atoms with Gasteiger partial charge in [0.25, 0.3) is 5.91 Å². The summed E-state index contributed by atoms with van der Waals surface area (Å²) in [6, 6.07) is 17.8. The van der Waals surface area contributed by atoms with Gasteiger partial charge in [0.1, 0.15) is 0 Å². The minimum atomic E-state index is -0.743. The van der Waals surface area contributed by atoms with E-state index in [4.69, 9.17) is 0 Å². The number of fused-ring (bicyclic) bond motifs is 2.